The zero-order valence-electron chi connectivity index (χ0n) is 13.4. The fourth-order valence-corrected chi connectivity index (χ4v) is 3.31. The molecule has 0 bridgehead atoms. The van der Waals surface area contributed by atoms with Crippen molar-refractivity contribution in [3.8, 4) is 0 Å². The molecule has 23 heavy (non-hydrogen) atoms. The van der Waals surface area contributed by atoms with Crippen LogP contribution in [-0.2, 0) is 10.2 Å². The van der Waals surface area contributed by atoms with Gasteiger partial charge < -0.3 is 10.1 Å². The number of rotatable bonds is 4. The number of nitrogens with one attached hydrogen (secondary N) is 1. The van der Waals surface area contributed by atoms with Crippen LogP contribution in [0.25, 0.3) is 0 Å². The minimum atomic E-state index is -0.120. The molecular formula is C19H22N2O2. The first-order valence-corrected chi connectivity index (χ1v) is 8.04. The van der Waals surface area contributed by atoms with Crippen molar-refractivity contribution in [3.05, 3.63) is 65.5 Å². The van der Waals surface area contributed by atoms with Crippen molar-refractivity contribution >= 4 is 5.91 Å². The third-order valence-corrected chi connectivity index (χ3v) is 4.65. The number of nitrogens with zero attached hydrogens (tertiary/aromatic N) is 1. The van der Waals surface area contributed by atoms with E-state index < -0.39 is 0 Å². The summed E-state index contributed by atoms with van der Waals surface area (Å²) in [5.74, 6) is -0.120. The Kier molecular flexibility index (Phi) is 4.72. The zero-order valence-corrected chi connectivity index (χ0v) is 13.4. The summed E-state index contributed by atoms with van der Waals surface area (Å²) in [4.78, 5) is 16.5. The SMILES string of the molecule is Cc1ccccc1C1(CNC(=O)c2ccccn2)CCOCC1. The van der Waals surface area contributed by atoms with Crippen molar-refractivity contribution in [1.29, 1.82) is 0 Å². The van der Waals surface area contributed by atoms with Crippen LogP contribution in [0.3, 0.4) is 0 Å². The topological polar surface area (TPSA) is 51.2 Å². The second-order valence-corrected chi connectivity index (χ2v) is 6.11. The number of carbonyl (C=O) groups is 1. The quantitative estimate of drug-likeness (QED) is 0.945. The Morgan fingerprint density at radius 3 is 2.61 bits per heavy atom. The maximum atomic E-state index is 12.3. The van der Waals surface area contributed by atoms with Gasteiger partial charge in [-0.25, -0.2) is 0 Å². The molecule has 1 aromatic heterocycles. The van der Waals surface area contributed by atoms with Crippen molar-refractivity contribution in [2.45, 2.75) is 25.2 Å². The molecule has 3 rings (SSSR count). The van der Waals surface area contributed by atoms with Crippen molar-refractivity contribution in [2.75, 3.05) is 19.8 Å². The molecule has 1 fully saturated rings. The third kappa shape index (κ3) is 3.42. The lowest BCUT2D eigenvalue weighted by molar-refractivity contribution is 0.0484. The van der Waals surface area contributed by atoms with E-state index in [4.69, 9.17) is 4.74 Å². The number of benzene rings is 1. The Morgan fingerprint density at radius 1 is 1.17 bits per heavy atom. The standard InChI is InChI=1S/C19H22N2O2/c1-15-6-2-3-7-16(15)19(9-12-23-13-10-19)14-21-18(22)17-8-4-5-11-20-17/h2-8,11H,9-10,12-14H2,1H3,(H,21,22). The van der Waals surface area contributed by atoms with E-state index in [1.807, 2.05) is 12.1 Å². The molecule has 0 spiro atoms. The Balaban J connectivity index is 1.80. The number of hydrogen-bond acceptors (Lipinski definition) is 3. The number of pyridine rings is 1. The summed E-state index contributed by atoms with van der Waals surface area (Å²) >= 11 is 0. The second kappa shape index (κ2) is 6.92. The number of aromatic nitrogens is 1. The molecule has 0 unspecified atom stereocenters. The van der Waals surface area contributed by atoms with Crippen LogP contribution in [0.5, 0.6) is 0 Å². The molecule has 1 saturated heterocycles. The zero-order chi connectivity index (χ0) is 16.1. The van der Waals surface area contributed by atoms with Crippen molar-refractivity contribution in [1.82, 2.24) is 10.3 Å². The fourth-order valence-electron chi connectivity index (χ4n) is 3.31. The summed E-state index contributed by atoms with van der Waals surface area (Å²) in [5, 5.41) is 3.08. The minimum Gasteiger partial charge on any atom is -0.381 e. The van der Waals surface area contributed by atoms with Gasteiger partial charge in [0, 0.05) is 31.4 Å². The molecule has 0 aliphatic carbocycles. The van der Waals surface area contributed by atoms with Crippen LogP contribution < -0.4 is 5.32 Å². The minimum absolute atomic E-state index is 0.0615. The van der Waals surface area contributed by atoms with Crippen molar-refractivity contribution in [3.63, 3.8) is 0 Å². The first-order valence-electron chi connectivity index (χ1n) is 8.04. The van der Waals surface area contributed by atoms with Gasteiger partial charge in [-0.15, -0.1) is 0 Å². The number of ether oxygens (including phenoxy) is 1. The third-order valence-electron chi connectivity index (χ3n) is 4.65. The molecule has 0 saturated carbocycles. The van der Waals surface area contributed by atoms with Crippen LogP contribution in [-0.4, -0.2) is 30.6 Å². The summed E-state index contributed by atoms with van der Waals surface area (Å²) < 4.78 is 5.55. The predicted molar refractivity (Wildman–Crippen MR) is 89.5 cm³/mol. The van der Waals surface area contributed by atoms with E-state index in [0.29, 0.717) is 12.2 Å². The van der Waals surface area contributed by atoms with Gasteiger partial charge >= 0.3 is 0 Å². The van der Waals surface area contributed by atoms with Gasteiger partial charge in [-0.05, 0) is 43.0 Å². The highest BCUT2D eigenvalue weighted by Crippen LogP contribution is 2.36. The fraction of sp³-hybridized carbons (Fsp3) is 0.368. The highest BCUT2D eigenvalue weighted by Gasteiger charge is 2.35. The Bertz CT molecular complexity index is 664. The van der Waals surface area contributed by atoms with Crippen LogP contribution in [0, 0.1) is 6.92 Å². The molecule has 120 valence electrons. The summed E-state index contributed by atoms with van der Waals surface area (Å²) in [6.45, 7) is 4.20. The van der Waals surface area contributed by atoms with E-state index in [1.165, 1.54) is 11.1 Å². The lowest BCUT2D eigenvalue weighted by atomic mass is 9.72. The molecule has 4 heteroatoms. The van der Waals surface area contributed by atoms with E-state index in [0.717, 1.165) is 26.1 Å². The van der Waals surface area contributed by atoms with Gasteiger partial charge in [-0.1, -0.05) is 30.3 Å². The Hall–Kier alpha value is -2.20. The van der Waals surface area contributed by atoms with Crippen LogP contribution in [0.1, 0.15) is 34.5 Å². The Morgan fingerprint density at radius 2 is 1.91 bits per heavy atom. The van der Waals surface area contributed by atoms with Gasteiger partial charge in [0.1, 0.15) is 5.69 Å². The smallest absolute Gasteiger partial charge is 0.269 e. The Labute approximate surface area is 136 Å². The molecular weight excluding hydrogens is 288 g/mol. The highest BCUT2D eigenvalue weighted by atomic mass is 16.5. The number of amides is 1. The van der Waals surface area contributed by atoms with Crippen LogP contribution in [0.4, 0.5) is 0 Å². The molecule has 0 radical (unpaired) electrons. The van der Waals surface area contributed by atoms with E-state index in [-0.39, 0.29) is 11.3 Å². The van der Waals surface area contributed by atoms with E-state index in [9.17, 15) is 4.79 Å². The summed E-state index contributed by atoms with van der Waals surface area (Å²) in [5.41, 5.74) is 2.97. The average Bonchev–Trinajstić information content (AvgIpc) is 2.61. The molecule has 0 atom stereocenters. The second-order valence-electron chi connectivity index (χ2n) is 6.11. The normalized spacial score (nSPS) is 16.7. The van der Waals surface area contributed by atoms with Gasteiger partial charge in [0.15, 0.2) is 0 Å². The average molecular weight is 310 g/mol. The van der Waals surface area contributed by atoms with Gasteiger partial charge in [0.25, 0.3) is 5.91 Å². The van der Waals surface area contributed by atoms with Gasteiger partial charge in [-0.2, -0.15) is 0 Å². The highest BCUT2D eigenvalue weighted by molar-refractivity contribution is 5.92. The van der Waals surface area contributed by atoms with Gasteiger partial charge in [-0.3, -0.25) is 9.78 Å². The van der Waals surface area contributed by atoms with Crippen molar-refractivity contribution in [2.24, 2.45) is 0 Å². The van der Waals surface area contributed by atoms with Crippen LogP contribution in [0.2, 0.25) is 0 Å². The first-order chi connectivity index (χ1) is 11.2. The molecule has 1 aliphatic rings. The summed E-state index contributed by atoms with van der Waals surface area (Å²) in [6.07, 6.45) is 3.47. The largest absolute Gasteiger partial charge is 0.381 e. The molecule has 2 aromatic rings. The van der Waals surface area contributed by atoms with Crippen LogP contribution in [0.15, 0.2) is 48.7 Å². The van der Waals surface area contributed by atoms with E-state index in [1.54, 1.807) is 12.3 Å². The van der Waals surface area contributed by atoms with E-state index in [2.05, 4.69) is 41.5 Å². The van der Waals surface area contributed by atoms with Crippen LogP contribution >= 0.6 is 0 Å². The van der Waals surface area contributed by atoms with Crippen molar-refractivity contribution < 1.29 is 9.53 Å². The first kappa shape index (κ1) is 15.7. The predicted octanol–water partition coefficient (Wildman–Crippen LogP) is 2.87. The molecule has 1 aromatic carbocycles. The van der Waals surface area contributed by atoms with E-state index >= 15 is 0 Å². The van der Waals surface area contributed by atoms with Gasteiger partial charge in [0.05, 0.1) is 0 Å². The maximum Gasteiger partial charge on any atom is 0.269 e. The molecule has 1 amide bonds. The molecule has 1 aliphatic heterocycles. The van der Waals surface area contributed by atoms with Gasteiger partial charge in [0.2, 0.25) is 0 Å². The maximum absolute atomic E-state index is 12.3. The number of aryl methyl sites for hydroxylation is 1. The molecule has 4 nitrogen and oxygen atoms in total. The lowest BCUT2D eigenvalue weighted by Crippen LogP contribution is -2.45. The summed E-state index contributed by atoms with van der Waals surface area (Å²) in [7, 11) is 0. The molecule has 1 N–H and O–H groups in total. The number of carbonyl (C=O) groups excluding carboxylic acids is 1. The summed E-state index contributed by atoms with van der Waals surface area (Å²) in [6, 6.07) is 13.8. The number of hydrogen-bond donors (Lipinski definition) is 1. The lowest BCUT2D eigenvalue weighted by Gasteiger charge is -2.39. The molecule has 2 heterocycles. The monoisotopic (exact) mass is 310 g/mol.